The second kappa shape index (κ2) is 14.6. The number of benzene rings is 8. The summed E-state index contributed by atoms with van der Waals surface area (Å²) in [4.78, 5) is 29.9. The second-order valence-electron chi connectivity index (χ2n) is 15.1. The Morgan fingerprint density at radius 1 is 0.242 bits per heavy atom. The predicted octanol–water partition coefficient (Wildman–Crippen LogP) is 13.5. The fourth-order valence-corrected chi connectivity index (χ4v) is 8.16. The molecule has 0 unspecified atom stereocenters. The van der Waals surface area contributed by atoms with Gasteiger partial charge in [0.1, 0.15) is 22.3 Å². The molecule has 0 atom stereocenters. The van der Waals surface area contributed by atoms with E-state index < -0.39 is 0 Å². The zero-order valence-electron chi connectivity index (χ0n) is 33.0. The monoisotopic (exact) mass is 796 g/mol. The molecule has 0 fully saturated rings. The number of rotatable bonds is 7. The van der Waals surface area contributed by atoms with Crippen molar-refractivity contribution in [3.8, 4) is 79.5 Å². The Bertz CT molecular complexity index is 3510. The molecule has 12 rings (SSSR count). The summed E-state index contributed by atoms with van der Waals surface area (Å²) in [6.45, 7) is 0. The molecule has 62 heavy (non-hydrogen) atoms. The quantitative estimate of drug-likeness (QED) is 0.157. The van der Waals surface area contributed by atoms with Crippen LogP contribution in [0.3, 0.4) is 0 Å². The summed E-state index contributed by atoms with van der Waals surface area (Å²) in [7, 11) is 0. The molecule has 0 N–H and O–H groups in total. The van der Waals surface area contributed by atoms with Crippen molar-refractivity contribution in [2.45, 2.75) is 0 Å². The molecule has 290 valence electrons. The molecule has 0 amide bonds. The van der Waals surface area contributed by atoms with Crippen LogP contribution in [0.15, 0.2) is 203 Å². The summed E-state index contributed by atoms with van der Waals surface area (Å²) in [6, 6.07) is 64.9. The van der Waals surface area contributed by atoms with Gasteiger partial charge in [0.25, 0.3) is 0 Å². The summed E-state index contributed by atoms with van der Waals surface area (Å²) < 4.78 is 12.9. The van der Waals surface area contributed by atoms with Crippen molar-refractivity contribution < 1.29 is 8.83 Å². The van der Waals surface area contributed by atoms with Crippen LogP contribution in [0.25, 0.3) is 123 Å². The lowest BCUT2D eigenvalue weighted by Crippen LogP contribution is -2.00. The van der Waals surface area contributed by atoms with E-state index in [0.29, 0.717) is 34.9 Å². The largest absolute Gasteiger partial charge is 0.456 e. The lowest BCUT2D eigenvalue weighted by atomic mass is 9.99. The molecule has 0 spiro atoms. The zero-order chi connectivity index (χ0) is 41.0. The fraction of sp³-hybridized carbons (Fsp3) is 0. The van der Waals surface area contributed by atoms with Gasteiger partial charge in [-0.3, -0.25) is 0 Å². The summed E-state index contributed by atoms with van der Waals surface area (Å²) in [5.41, 5.74) is 10.6. The van der Waals surface area contributed by atoms with Crippen molar-refractivity contribution in [2.24, 2.45) is 0 Å². The number of hydrogen-bond acceptors (Lipinski definition) is 8. The Balaban J connectivity index is 0.980. The van der Waals surface area contributed by atoms with Crippen molar-refractivity contribution in [2.75, 3.05) is 0 Å². The maximum absolute atomic E-state index is 6.48. The van der Waals surface area contributed by atoms with Crippen molar-refractivity contribution in [1.82, 2.24) is 29.9 Å². The number of fused-ring (bicyclic) bond motifs is 6. The molecule has 8 aromatic carbocycles. The Kier molecular flexibility index (Phi) is 8.31. The van der Waals surface area contributed by atoms with Gasteiger partial charge < -0.3 is 8.83 Å². The summed E-state index contributed by atoms with van der Waals surface area (Å²) in [5, 5.41) is 3.87. The van der Waals surface area contributed by atoms with Crippen LogP contribution >= 0.6 is 0 Å². The number of nitrogens with zero attached hydrogens (tertiary/aromatic N) is 6. The number of hydrogen-bond donors (Lipinski definition) is 0. The first-order valence-corrected chi connectivity index (χ1v) is 20.4. The van der Waals surface area contributed by atoms with Gasteiger partial charge in [-0.2, -0.15) is 0 Å². The van der Waals surface area contributed by atoms with E-state index in [0.717, 1.165) is 88.4 Å². The highest BCUT2D eigenvalue weighted by atomic mass is 16.3. The van der Waals surface area contributed by atoms with E-state index in [9.17, 15) is 0 Å². The van der Waals surface area contributed by atoms with E-state index in [2.05, 4.69) is 36.4 Å². The van der Waals surface area contributed by atoms with E-state index in [1.54, 1.807) is 0 Å². The minimum absolute atomic E-state index is 0.573. The van der Waals surface area contributed by atoms with Crippen molar-refractivity contribution in [3.63, 3.8) is 0 Å². The Labute approximate surface area is 354 Å². The Hall–Kier alpha value is -8.62. The molecule has 0 saturated heterocycles. The highest BCUT2D eigenvalue weighted by Crippen LogP contribution is 2.40. The highest BCUT2D eigenvalue weighted by molar-refractivity contribution is 6.13. The third kappa shape index (κ3) is 6.26. The van der Waals surface area contributed by atoms with E-state index >= 15 is 0 Å². The summed E-state index contributed by atoms with van der Waals surface area (Å²) in [6.07, 6.45) is 0. The molecular weight excluding hydrogens is 765 g/mol. The normalized spacial score (nSPS) is 11.5. The van der Waals surface area contributed by atoms with E-state index in [4.69, 9.17) is 38.7 Å². The predicted molar refractivity (Wildman–Crippen MR) is 246 cm³/mol. The molecule has 0 aliphatic heterocycles. The fourth-order valence-electron chi connectivity index (χ4n) is 8.16. The van der Waals surface area contributed by atoms with Crippen LogP contribution in [0, 0.1) is 0 Å². The molecule has 0 aliphatic rings. The molecule has 8 nitrogen and oxygen atoms in total. The van der Waals surface area contributed by atoms with Crippen LogP contribution < -0.4 is 0 Å². The van der Waals surface area contributed by atoms with Gasteiger partial charge in [0.05, 0.1) is 0 Å². The molecule has 0 bridgehead atoms. The molecular formula is C54H32N6O2. The zero-order valence-corrected chi connectivity index (χ0v) is 33.0. The average Bonchev–Trinajstić information content (AvgIpc) is 3.92. The summed E-state index contributed by atoms with van der Waals surface area (Å²) in [5.74, 6) is 3.59. The Morgan fingerprint density at radius 3 is 1.06 bits per heavy atom. The molecule has 0 saturated carbocycles. The van der Waals surface area contributed by atoms with E-state index in [1.165, 1.54) is 0 Å². The van der Waals surface area contributed by atoms with Gasteiger partial charge in [0.2, 0.25) is 0 Å². The third-order valence-electron chi connectivity index (χ3n) is 11.2. The lowest BCUT2D eigenvalue weighted by molar-refractivity contribution is 0.668. The molecule has 8 heteroatoms. The molecule has 0 aliphatic carbocycles. The first kappa shape index (κ1) is 35.3. The standard InChI is InChI=1S/C54H32N6O2/c1-5-14-33(15-6-1)49-55-50(34-16-7-2-8-17-34)58-53(57-49)39-26-29-45-42(32-39)41-30-37(24-27-44(41)61-45)38-25-28-46-43(31-38)48-40(22-13-23-47(48)62-46)54-59-51(35-18-9-3-10-19-35)56-52(60-54)36-20-11-4-12-21-36/h1-32H. The first-order chi connectivity index (χ1) is 30.7. The van der Waals surface area contributed by atoms with Crippen LogP contribution in [-0.4, -0.2) is 29.9 Å². The van der Waals surface area contributed by atoms with Gasteiger partial charge in [-0.25, -0.2) is 29.9 Å². The highest BCUT2D eigenvalue weighted by Gasteiger charge is 2.20. The van der Waals surface area contributed by atoms with Crippen LogP contribution in [-0.2, 0) is 0 Å². The topological polar surface area (TPSA) is 104 Å². The van der Waals surface area contributed by atoms with Crippen LogP contribution in [0.1, 0.15) is 0 Å². The molecule has 4 heterocycles. The first-order valence-electron chi connectivity index (χ1n) is 20.4. The van der Waals surface area contributed by atoms with E-state index in [-0.39, 0.29) is 0 Å². The van der Waals surface area contributed by atoms with Gasteiger partial charge in [-0.15, -0.1) is 0 Å². The minimum atomic E-state index is 0.573. The average molecular weight is 797 g/mol. The van der Waals surface area contributed by atoms with Gasteiger partial charge in [0, 0.05) is 54.9 Å². The van der Waals surface area contributed by atoms with Gasteiger partial charge >= 0.3 is 0 Å². The van der Waals surface area contributed by atoms with Gasteiger partial charge in [-0.1, -0.05) is 146 Å². The van der Waals surface area contributed by atoms with E-state index in [1.807, 2.05) is 158 Å². The maximum atomic E-state index is 6.48. The number of aromatic nitrogens is 6. The SMILES string of the molecule is c1ccc(-c2nc(-c3ccccc3)nc(-c3ccc4oc5ccc(-c6ccc7oc8cccc(-c9nc(-c%10ccccc%10)nc(-c%10ccccc%10)n9)c8c7c6)cc5c4c3)n2)cc1. The molecule has 4 aromatic heterocycles. The summed E-state index contributed by atoms with van der Waals surface area (Å²) >= 11 is 0. The Morgan fingerprint density at radius 2 is 0.597 bits per heavy atom. The number of furan rings is 2. The van der Waals surface area contributed by atoms with Crippen molar-refractivity contribution in [3.05, 3.63) is 194 Å². The minimum Gasteiger partial charge on any atom is -0.456 e. The maximum Gasteiger partial charge on any atom is 0.164 e. The smallest absolute Gasteiger partial charge is 0.164 e. The molecule has 0 radical (unpaired) electrons. The van der Waals surface area contributed by atoms with Crippen LogP contribution in [0.4, 0.5) is 0 Å². The lowest BCUT2D eigenvalue weighted by Gasteiger charge is -2.09. The van der Waals surface area contributed by atoms with Crippen molar-refractivity contribution >= 4 is 43.9 Å². The van der Waals surface area contributed by atoms with Crippen molar-refractivity contribution in [1.29, 1.82) is 0 Å². The van der Waals surface area contributed by atoms with Crippen LogP contribution in [0.5, 0.6) is 0 Å². The van der Waals surface area contributed by atoms with Gasteiger partial charge in [0.15, 0.2) is 34.9 Å². The third-order valence-corrected chi connectivity index (χ3v) is 11.2. The molecule has 12 aromatic rings. The van der Waals surface area contributed by atoms with Crippen LogP contribution in [0.2, 0.25) is 0 Å². The van der Waals surface area contributed by atoms with Gasteiger partial charge in [-0.05, 0) is 59.7 Å². The second-order valence-corrected chi connectivity index (χ2v) is 15.1.